The van der Waals surface area contributed by atoms with Crippen molar-refractivity contribution in [1.29, 1.82) is 0 Å². The van der Waals surface area contributed by atoms with E-state index in [1.807, 2.05) is 73.7 Å². The molecule has 7 nitrogen and oxygen atoms in total. The minimum Gasteiger partial charge on any atom is -0.368 e. The molecule has 0 aliphatic heterocycles. The fourth-order valence-corrected chi connectivity index (χ4v) is 3.09. The van der Waals surface area contributed by atoms with Gasteiger partial charge < -0.3 is 16.0 Å². The largest absolute Gasteiger partial charge is 0.368 e. The number of carbonyl (C=O) groups is 1. The van der Waals surface area contributed by atoms with Crippen LogP contribution in [-0.2, 0) is 0 Å². The normalized spacial score (nSPS) is 10.6. The number of benzene rings is 2. The first kappa shape index (κ1) is 19.3. The Bertz CT molecular complexity index is 1160. The van der Waals surface area contributed by atoms with Crippen LogP contribution < -0.4 is 16.0 Å². The van der Waals surface area contributed by atoms with Gasteiger partial charge in [0.05, 0.1) is 0 Å². The first-order chi connectivity index (χ1) is 14.7. The third-order valence-corrected chi connectivity index (χ3v) is 4.49. The zero-order chi connectivity index (χ0) is 20.8. The minimum atomic E-state index is -0.0982. The van der Waals surface area contributed by atoms with Crippen LogP contribution in [0, 0.1) is 6.92 Å². The molecule has 30 heavy (non-hydrogen) atoms. The highest BCUT2D eigenvalue weighted by atomic mass is 16.1. The summed E-state index contributed by atoms with van der Waals surface area (Å²) in [5, 5.41) is 11.5. The number of aromatic nitrogens is 3. The van der Waals surface area contributed by atoms with E-state index in [1.165, 1.54) is 0 Å². The zero-order valence-electron chi connectivity index (χ0n) is 16.6. The number of nitrogens with zero attached hydrogens (tertiary/aromatic N) is 3. The lowest BCUT2D eigenvalue weighted by molar-refractivity contribution is 0.0955. The van der Waals surface area contributed by atoms with E-state index < -0.39 is 0 Å². The van der Waals surface area contributed by atoms with Crippen molar-refractivity contribution in [3.8, 4) is 0 Å². The molecular weight excluding hydrogens is 376 g/mol. The van der Waals surface area contributed by atoms with E-state index in [0.717, 1.165) is 10.8 Å². The van der Waals surface area contributed by atoms with Crippen LogP contribution in [-0.4, -0.2) is 33.9 Å². The molecule has 0 saturated carbocycles. The van der Waals surface area contributed by atoms with Crippen molar-refractivity contribution >= 4 is 34.1 Å². The maximum atomic E-state index is 12.4. The third kappa shape index (κ3) is 4.88. The van der Waals surface area contributed by atoms with Gasteiger partial charge in [0.2, 0.25) is 0 Å². The molecule has 2 heterocycles. The molecule has 0 aliphatic rings. The molecule has 0 atom stereocenters. The second-order valence-corrected chi connectivity index (χ2v) is 6.77. The Morgan fingerprint density at radius 3 is 2.47 bits per heavy atom. The monoisotopic (exact) mass is 398 g/mol. The molecule has 0 unspecified atom stereocenters. The average Bonchev–Trinajstić information content (AvgIpc) is 2.76. The summed E-state index contributed by atoms with van der Waals surface area (Å²) in [6, 6.07) is 21.1. The van der Waals surface area contributed by atoms with Crippen molar-refractivity contribution in [2.24, 2.45) is 0 Å². The molecule has 7 heteroatoms. The Labute approximate surface area is 174 Å². The number of fused-ring (bicyclic) bond motifs is 1. The number of hydrogen-bond donors (Lipinski definition) is 3. The van der Waals surface area contributed by atoms with Gasteiger partial charge in [0, 0.05) is 30.9 Å². The van der Waals surface area contributed by atoms with Crippen LogP contribution in [0.15, 0.2) is 72.9 Å². The summed E-state index contributed by atoms with van der Waals surface area (Å²) < 4.78 is 0. The Kier molecular flexibility index (Phi) is 5.80. The highest BCUT2D eigenvalue weighted by Gasteiger charge is 2.06. The van der Waals surface area contributed by atoms with E-state index in [4.69, 9.17) is 0 Å². The van der Waals surface area contributed by atoms with Crippen molar-refractivity contribution in [3.05, 3.63) is 84.3 Å². The topological polar surface area (TPSA) is 91.8 Å². The summed E-state index contributed by atoms with van der Waals surface area (Å²) >= 11 is 0. The predicted octanol–water partition coefficient (Wildman–Crippen LogP) is 3.92. The van der Waals surface area contributed by atoms with E-state index >= 15 is 0 Å². The number of pyridine rings is 1. The van der Waals surface area contributed by atoms with E-state index in [0.29, 0.717) is 41.9 Å². The van der Waals surface area contributed by atoms with Gasteiger partial charge in [-0.3, -0.25) is 4.79 Å². The lowest BCUT2D eigenvalue weighted by Gasteiger charge is -2.11. The summed E-state index contributed by atoms with van der Waals surface area (Å²) in [4.78, 5) is 25.4. The number of anilines is 3. The quantitative estimate of drug-likeness (QED) is 0.409. The molecule has 3 N–H and O–H groups in total. The van der Waals surface area contributed by atoms with Gasteiger partial charge in [0.1, 0.15) is 23.3 Å². The molecule has 0 spiro atoms. The van der Waals surface area contributed by atoms with E-state index in [9.17, 15) is 4.79 Å². The molecule has 150 valence electrons. The molecule has 0 aliphatic carbocycles. The SMILES string of the molecule is Cc1nc(NCCNC(=O)c2ccc3ccccc3c2)cc(Nc2ccccn2)n1. The Morgan fingerprint density at radius 2 is 1.63 bits per heavy atom. The summed E-state index contributed by atoms with van der Waals surface area (Å²) in [5.41, 5.74) is 0.647. The van der Waals surface area contributed by atoms with Crippen molar-refractivity contribution in [3.63, 3.8) is 0 Å². The molecule has 0 fully saturated rings. The standard InChI is InChI=1S/C23H22N6O/c1-16-27-21(15-22(28-16)29-20-8-4-5-11-24-20)25-12-13-26-23(30)19-10-9-17-6-2-3-7-18(17)14-19/h2-11,14-15H,12-13H2,1H3,(H,26,30)(H2,24,25,27,28,29). The first-order valence-corrected chi connectivity index (χ1v) is 9.72. The molecule has 1 amide bonds. The van der Waals surface area contributed by atoms with E-state index in [-0.39, 0.29) is 5.91 Å². The highest BCUT2D eigenvalue weighted by molar-refractivity contribution is 5.98. The van der Waals surface area contributed by atoms with Crippen LogP contribution in [0.4, 0.5) is 17.5 Å². The average molecular weight is 398 g/mol. The van der Waals surface area contributed by atoms with E-state index in [1.54, 1.807) is 6.20 Å². The Balaban J connectivity index is 1.32. The van der Waals surface area contributed by atoms with Gasteiger partial charge in [0.25, 0.3) is 5.91 Å². The van der Waals surface area contributed by atoms with Crippen molar-refractivity contribution in [2.45, 2.75) is 6.92 Å². The van der Waals surface area contributed by atoms with Crippen LogP contribution in [0.1, 0.15) is 16.2 Å². The molecule has 0 bridgehead atoms. The molecule has 4 aromatic rings. The summed E-state index contributed by atoms with van der Waals surface area (Å²) in [6.07, 6.45) is 1.72. The molecule has 4 rings (SSSR count). The number of carbonyl (C=O) groups excluding carboxylic acids is 1. The van der Waals surface area contributed by atoms with E-state index in [2.05, 4.69) is 30.9 Å². The molecule has 2 aromatic carbocycles. The maximum absolute atomic E-state index is 12.4. The van der Waals surface area contributed by atoms with Gasteiger partial charge in [-0.2, -0.15) is 0 Å². The maximum Gasteiger partial charge on any atom is 0.251 e. The van der Waals surface area contributed by atoms with Gasteiger partial charge in [-0.15, -0.1) is 0 Å². The van der Waals surface area contributed by atoms with Gasteiger partial charge in [-0.05, 0) is 42.0 Å². The molecular formula is C23H22N6O. The molecule has 0 radical (unpaired) electrons. The molecule has 2 aromatic heterocycles. The van der Waals surface area contributed by atoms with Gasteiger partial charge >= 0.3 is 0 Å². The van der Waals surface area contributed by atoms with Gasteiger partial charge in [-0.1, -0.05) is 36.4 Å². The van der Waals surface area contributed by atoms with Crippen molar-refractivity contribution in [2.75, 3.05) is 23.7 Å². The van der Waals surface area contributed by atoms with Crippen molar-refractivity contribution in [1.82, 2.24) is 20.3 Å². The van der Waals surface area contributed by atoms with Crippen LogP contribution >= 0.6 is 0 Å². The number of amides is 1. The Hall–Kier alpha value is -4.00. The second kappa shape index (κ2) is 9.00. The fraction of sp³-hybridized carbons (Fsp3) is 0.130. The first-order valence-electron chi connectivity index (χ1n) is 9.72. The zero-order valence-corrected chi connectivity index (χ0v) is 16.6. The van der Waals surface area contributed by atoms with Crippen LogP contribution in [0.25, 0.3) is 10.8 Å². The van der Waals surface area contributed by atoms with Gasteiger partial charge in [-0.25, -0.2) is 15.0 Å². The predicted molar refractivity (Wildman–Crippen MR) is 119 cm³/mol. The van der Waals surface area contributed by atoms with Crippen LogP contribution in [0.3, 0.4) is 0 Å². The van der Waals surface area contributed by atoms with Crippen LogP contribution in [0.2, 0.25) is 0 Å². The highest BCUT2D eigenvalue weighted by Crippen LogP contribution is 2.16. The summed E-state index contributed by atoms with van der Waals surface area (Å²) in [5.74, 6) is 2.59. The third-order valence-electron chi connectivity index (χ3n) is 4.49. The lowest BCUT2D eigenvalue weighted by Crippen LogP contribution is -2.28. The second-order valence-electron chi connectivity index (χ2n) is 6.77. The van der Waals surface area contributed by atoms with Crippen molar-refractivity contribution < 1.29 is 4.79 Å². The minimum absolute atomic E-state index is 0.0982. The Morgan fingerprint density at radius 1 is 0.833 bits per heavy atom. The smallest absolute Gasteiger partial charge is 0.251 e. The lowest BCUT2D eigenvalue weighted by atomic mass is 10.1. The summed E-state index contributed by atoms with van der Waals surface area (Å²) in [6.45, 7) is 2.84. The number of nitrogens with one attached hydrogen (secondary N) is 3. The fourth-order valence-electron chi connectivity index (χ4n) is 3.09. The van der Waals surface area contributed by atoms with Gasteiger partial charge in [0.15, 0.2) is 0 Å². The number of rotatable bonds is 7. The number of aryl methyl sites for hydroxylation is 1. The van der Waals surface area contributed by atoms with Crippen LogP contribution in [0.5, 0.6) is 0 Å². The summed E-state index contributed by atoms with van der Waals surface area (Å²) in [7, 11) is 0. The molecule has 0 saturated heterocycles. The number of hydrogen-bond acceptors (Lipinski definition) is 6.